The quantitative estimate of drug-likeness (QED) is 0.198. The first-order chi connectivity index (χ1) is 16.9. The number of rotatable bonds is 12. The van der Waals surface area contributed by atoms with E-state index in [1.165, 1.54) is 4.90 Å². The summed E-state index contributed by atoms with van der Waals surface area (Å²) in [7, 11) is 1.59. The Hall–Kier alpha value is -3.32. The number of aliphatic hydroxyl groups is 1. The van der Waals surface area contributed by atoms with E-state index in [2.05, 4.69) is 6.92 Å². The molecule has 2 aromatic rings. The lowest BCUT2D eigenvalue weighted by Crippen LogP contribution is -2.31. The number of carbonyl (C=O) groups is 2. The zero-order valence-electron chi connectivity index (χ0n) is 21.0. The number of ketones is 1. The van der Waals surface area contributed by atoms with Crippen LogP contribution in [0.2, 0.25) is 0 Å². The van der Waals surface area contributed by atoms with E-state index in [1.54, 1.807) is 31.4 Å². The van der Waals surface area contributed by atoms with Crippen LogP contribution >= 0.6 is 0 Å². The maximum absolute atomic E-state index is 13.2. The second-order valence-corrected chi connectivity index (χ2v) is 8.55. The summed E-state index contributed by atoms with van der Waals surface area (Å²) in [4.78, 5) is 27.7. The second kappa shape index (κ2) is 12.4. The van der Waals surface area contributed by atoms with Crippen LogP contribution in [0.4, 0.5) is 0 Å². The van der Waals surface area contributed by atoms with Gasteiger partial charge in [0, 0.05) is 25.8 Å². The van der Waals surface area contributed by atoms with Gasteiger partial charge in [-0.25, -0.2) is 0 Å². The number of aryl methyl sites for hydroxylation is 1. The zero-order valence-corrected chi connectivity index (χ0v) is 21.0. The van der Waals surface area contributed by atoms with Crippen LogP contribution in [0.3, 0.4) is 0 Å². The van der Waals surface area contributed by atoms with Crippen molar-refractivity contribution in [3.63, 3.8) is 0 Å². The molecule has 1 heterocycles. The molecule has 1 atom stereocenters. The molecular weight excluding hydrogens is 446 g/mol. The Morgan fingerprint density at radius 3 is 2.37 bits per heavy atom. The fourth-order valence-corrected chi connectivity index (χ4v) is 4.11. The highest BCUT2D eigenvalue weighted by Gasteiger charge is 2.46. The normalized spacial score (nSPS) is 17.1. The van der Waals surface area contributed by atoms with Crippen molar-refractivity contribution >= 4 is 17.4 Å². The molecule has 35 heavy (non-hydrogen) atoms. The molecule has 1 saturated heterocycles. The molecule has 1 fully saturated rings. The summed E-state index contributed by atoms with van der Waals surface area (Å²) < 4.78 is 16.9. The molecule has 0 aliphatic carbocycles. The van der Waals surface area contributed by atoms with E-state index in [0.717, 1.165) is 18.4 Å². The molecule has 1 N–H and O–H groups in total. The van der Waals surface area contributed by atoms with Crippen LogP contribution in [0.5, 0.6) is 11.5 Å². The van der Waals surface area contributed by atoms with E-state index in [9.17, 15) is 14.7 Å². The lowest BCUT2D eigenvalue weighted by Gasteiger charge is -2.26. The maximum atomic E-state index is 13.2. The third-order valence-electron chi connectivity index (χ3n) is 5.95. The van der Waals surface area contributed by atoms with Gasteiger partial charge < -0.3 is 24.2 Å². The minimum absolute atomic E-state index is 0.0679. The van der Waals surface area contributed by atoms with Gasteiger partial charge >= 0.3 is 0 Å². The Balaban J connectivity index is 2.10. The van der Waals surface area contributed by atoms with Gasteiger partial charge in [0.25, 0.3) is 11.7 Å². The monoisotopic (exact) mass is 481 g/mol. The fourth-order valence-electron chi connectivity index (χ4n) is 4.11. The van der Waals surface area contributed by atoms with Crippen LogP contribution < -0.4 is 9.47 Å². The first-order valence-corrected chi connectivity index (χ1v) is 12.2. The third-order valence-corrected chi connectivity index (χ3v) is 5.95. The van der Waals surface area contributed by atoms with E-state index in [-0.39, 0.29) is 11.3 Å². The number of ether oxygens (including phenoxy) is 3. The maximum Gasteiger partial charge on any atom is 0.295 e. The molecule has 188 valence electrons. The highest BCUT2D eigenvalue weighted by Crippen LogP contribution is 2.42. The zero-order chi connectivity index (χ0) is 25.4. The van der Waals surface area contributed by atoms with Crippen molar-refractivity contribution in [2.24, 2.45) is 0 Å². The van der Waals surface area contributed by atoms with Crippen molar-refractivity contribution in [1.29, 1.82) is 0 Å². The molecule has 1 amide bonds. The third kappa shape index (κ3) is 6.03. The van der Waals surface area contributed by atoms with Gasteiger partial charge in [-0.2, -0.15) is 0 Å². The topological polar surface area (TPSA) is 85.3 Å². The summed E-state index contributed by atoms with van der Waals surface area (Å²) in [5.41, 5.74) is 2.25. The van der Waals surface area contributed by atoms with Gasteiger partial charge in [-0.3, -0.25) is 9.59 Å². The number of hydrogen-bond acceptors (Lipinski definition) is 6. The lowest BCUT2D eigenvalue weighted by atomic mass is 9.94. The van der Waals surface area contributed by atoms with E-state index in [0.29, 0.717) is 55.4 Å². The van der Waals surface area contributed by atoms with Crippen molar-refractivity contribution in [3.8, 4) is 11.5 Å². The van der Waals surface area contributed by atoms with Crippen LogP contribution in [0.1, 0.15) is 55.8 Å². The molecular formula is C28H35NO6. The van der Waals surface area contributed by atoms with Gasteiger partial charge in [0.05, 0.1) is 24.8 Å². The number of benzene rings is 2. The van der Waals surface area contributed by atoms with Crippen LogP contribution in [0.15, 0.2) is 48.0 Å². The summed E-state index contributed by atoms with van der Waals surface area (Å²) in [5, 5.41) is 11.2. The number of carbonyl (C=O) groups excluding carboxylic acids is 2. The van der Waals surface area contributed by atoms with Gasteiger partial charge in [0.2, 0.25) is 0 Å². The predicted molar refractivity (Wildman–Crippen MR) is 135 cm³/mol. The van der Waals surface area contributed by atoms with E-state index >= 15 is 0 Å². The number of methoxy groups -OCH3 is 1. The molecule has 1 aliphatic heterocycles. The molecule has 0 saturated carbocycles. The van der Waals surface area contributed by atoms with Crippen molar-refractivity contribution in [2.75, 3.05) is 33.5 Å². The predicted octanol–water partition coefficient (Wildman–Crippen LogP) is 5.03. The number of unbranched alkanes of at least 4 members (excludes halogenated alkanes) is 1. The van der Waals surface area contributed by atoms with Crippen LogP contribution in [-0.2, 0) is 14.3 Å². The van der Waals surface area contributed by atoms with Crippen LogP contribution in [0.25, 0.3) is 5.76 Å². The minimum Gasteiger partial charge on any atom is -0.507 e. The number of Topliss-reactive ketones (excluding diaryl/α,β-unsaturated/α-hetero) is 1. The molecule has 1 aliphatic rings. The molecule has 0 bridgehead atoms. The fraction of sp³-hybridized carbons (Fsp3) is 0.429. The Morgan fingerprint density at radius 2 is 1.71 bits per heavy atom. The summed E-state index contributed by atoms with van der Waals surface area (Å²) >= 11 is 0. The summed E-state index contributed by atoms with van der Waals surface area (Å²) in [6.07, 6.45) is 2.49. The van der Waals surface area contributed by atoms with E-state index < -0.39 is 17.7 Å². The Labute approximate surface area is 207 Å². The molecule has 0 radical (unpaired) electrons. The van der Waals surface area contributed by atoms with Gasteiger partial charge in [-0.1, -0.05) is 49.2 Å². The summed E-state index contributed by atoms with van der Waals surface area (Å²) in [5.74, 6) is -0.380. The highest BCUT2D eigenvalue weighted by atomic mass is 16.5. The first kappa shape index (κ1) is 26.3. The molecule has 0 aromatic heterocycles. The number of likely N-dealkylation sites (tertiary alicyclic amines) is 1. The molecule has 3 rings (SSSR count). The average Bonchev–Trinajstić information content (AvgIpc) is 3.10. The Bertz CT molecular complexity index is 1060. The standard InChI is InChI=1S/C28H35NO6/c1-5-7-17-35-22-14-13-21(18-23(22)34-6-2)25-24(26(30)20-11-9-19(3)10-12-20)27(31)28(32)29(25)15-8-16-33-4/h9-14,18,25,30H,5-8,15-17H2,1-4H3. The highest BCUT2D eigenvalue weighted by molar-refractivity contribution is 6.46. The van der Waals surface area contributed by atoms with E-state index in [1.807, 2.05) is 32.0 Å². The molecule has 2 aromatic carbocycles. The smallest absolute Gasteiger partial charge is 0.295 e. The van der Waals surface area contributed by atoms with Crippen LogP contribution in [-0.4, -0.2) is 55.2 Å². The Kier molecular flexibility index (Phi) is 9.32. The number of aliphatic hydroxyl groups excluding tert-OH is 1. The largest absolute Gasteiger partial charge is 0.507 e. The molecule has 1 unspecified atom stereocenters. The van der Waals surface area contributed by atoms with Gasteiger partial charge in [0.15, 0.2) is 11.5 Å². The minimum atomic E-state index is -0.753. The van der Waals surface area contributed by atoms with Crippen molar-refractivity contribution in [2.45, 2.75) is 46.1 Å². The lowest BCUT2D eigenvalue weighted by molar-refractivity contribution is -0.140. The van der Waals surface area contributed by atoms with E-state index in [4.69, 9.17) is 14.2 Å². The van der Waals surface area contributed by atoms with Gasteiger partial charge in [-0.15, -0.1) is 0 Å². The number of hydrogen-bond donors (Lipinski definition) is 1. The average molecular weight is 482 g/mol. The van der Waals surface area contributed by atoms with Gasteiger partial charge in [0.1, 0.15) is 5.76 Å². The van der Waals surface area contributed by atoms with Crippen molar-refractivity contribution < 1.29 is 28.9 Å². The SMILES string of the molecule is CCCCOc1ccc(C2C(=C(O)c3ccc(C)cc3)C(=O)C(=O)N2CCCOC)cc1OCC. The Morgan fingerprint density at radius 1 is 0.971 bits per heavy atom. The van der Waals surface area contributed by atoms with Crippen molar-refractivity contribution in [3.05, 3.63) is 64.7 Å². The second-order valence-electron chi connectivity index (χ2n) is 8.55. The summed E-state index contributed by atoms with van der Waals surface area (Å²) in [6, 6.07) is 11.9. The van der Waals surface area contributed by atoms with Crippen LogP contribution in [0, 0.1) is 6.92 Å². The molecule has 7 heteroatoms. The number of nitrogens with zero attached hydrogens (tertiary/aromatic N) is 1. The van der Waals surface area contributed by atoms with Crippen molar-refractivity contribution in [1.82, 2.24) is 4.90 Å². The first-order valence-electron chi connectivity index (χ1n) is 12.2. The molecule has 0 spiro atoms. The number of amides is 1. The van der Waals surface area contributed by atoms with Gasteiger partial charge in [-0.05, 0) is 44.4 Å². The molecule has 7 nitrogen and oxygen atoms in total. The summed E-state index contributed by atoms with van der Waals surface area (Å²) in [6.45, 7) is 7.68.